The van der Waals surface area contributed by atoms with Gasteiger partial charge >= 0.3 is 0 Å². The monoisotopic (exact) mass is 474 g/mol. The summed E-state index contributed by atoms with van der Waals surface area (Å²) in [6.07, 6.45) is 1.73. The third kappa shape index (κ3) is 5.25. The Morgan fingerprint density at radius 2 is 1.91 bits per heavy atom. The first-order chi connectivity index (χ1) is 16.3. The van der Waals surface area contributed by atoms with E-state index in [1.165, 1.54) is 18.2 Å². The van der Waals surface area contributed by atoms with Crippen LogP contribution < -0.4 is 10.1 Å². The maximum atomic E-state index is 13.2. The van der Waals surface area contributed by atoms with E-state index >= 15 is 0 Å². The van der Waals surface area contributed by atoms with Crippen molar-refractivity contribution in [3.63, 3.8) is 0 Å². The number of hydrogen-bond acceptors (Lipinski definition) is 4. The molecule has 0 saturated carbocycles. The quantitative estimate of drug-likeness (QED) is 0.332. The summed E-state index contributed by atoms with van der Waals surface area (Å²) < 4.78 is 18.7. The van der Waals surface area contributed by atoms with Gasteiger partial charge in [0.25, 0.3) is 5.91 Å². The molecule has 4 rings (SSSR count). The summed E-state index contributed by atoms with van der Waals surface area (Å²) >= 11 is 5.72. The summed E-state index contributed by atoms with van der Waals surface area (Å²) in [6.45, 7) is 3.82. The third-order valence-electron chi connectivity index (χ3n) is 5.24. The van der Waals surface area contributed by atoms with Crippen LogP contribution in [0.3, 0.4) is 0 Å². The first-order valence-electron chi connectivity index (χ1n) is 10.4. The highest BCUT2D eigenvalue weighted by molar-refractivity contribution is 6.31. The van der Waals surface area contributed by atoms with Crippen LogP contribution in [-0.2, 0) is 4.79 Å². The number of aryl methyl sites for hydroxylation is 2. The second-order valence-corrected chi connectivity index (χ2v) is 8.15. The number of nitrogens with one attached hydrogen (secondary N) is 2. The SMILES string of the molecule is Cc1cc2nc(/C(C#N)=C/c3ccc(OCC(=O)Nc4ccc(F)c(Cl)c4)cc3)[nH]c2cc1C. The number of aromatic nitrogens is 2. The van der Waals surface area contributed by atoms with Gasteiger partial charge in [-0.25, -0.2) is 9.37 Å². The van der Waals surface area contributed by atoms with Crippen LogP contribution in [0, 0.1) is 31.0 Å². The number of amides is 1. The largest absolute Gasteiger partial charge is 0.484 e. The van der Waals surface area contributed by atoms with Gasteiger partial charge in [0.05, 0.1) is 21.6 Å². The number of allylic oxidation sites excluding steroid dienone is 1. The average molecular weight is 475 g/mol. The molecule has 1 heterocycles. The number of ether oxygens (including phenoxy) is 1. The van der Waals surface area contributed by atoms with E-state index in [0.717, 1.165) is 27.7 Å². The molecule has 0 radical (unpaired) electrons. The van der Waals surface area contributed by atoms with E-state index < -0.39 is 11.7 Å². The predicted molar refractivity (Wildman–Crippen MR) is 131 cm³/mol. The molecule has 0 aliphatic heterocycles. The van der Waals surface area contributed by atoms with Crippen molar-refractivity contribution in [2.45, 2.75) is 13.8 Å². The molecule has 0 bridgehead atoms. The van der Waals surface area contributed by atoms with Crippen molar-refractivity contribution >= 4 is 45.9 Å². The van der Waals surface area contributed by atoms with Crippen molar-refractivity contribution in [2.24, 2.45) is 0 Å². The summed E-state index contributed by atoms with van der Waals surface area (Å²) in [5.74, 6) is 0.0157. The number of nitriles is 1. The Balaban J connectivity index is 1.41. The van der Waals surface area contributed by atoms with Crippen LogP contribution in [0.5, 0.6) is 5.75 Å². The summed E-state index contributed by atoms with van der Waals surface area (Å²) in [4.78, 5) is 19.8. The molecule has 0 saturated heterocycles. The number of aromatic amines is 1. The van der Waals surface area contributed by atoms with Gasteiger partial charge in [0.15, 0.2) is 6.61 Å². The van der Waals surface area contributed by atoms with Crippen LogP contribution >= 0.6 is 11.6 Å². The Kier molecular flexibility index (Phi) is 6.62. The first kappa shape index (κ1) is 23.0. The number of benzene rings is 3. The number of nitrogens with zero attached hydrogens (tertiary/aromatic N) is 2. The van der Waals surface area contributed by atoms with Gasteiger partial charge in [0.2, 0.25) is 0 Å². The van der Waals surface area contributed by atoms with Crippen LogP contribution in [0.25, 0.3) is 22.7 Å². The number of carbonyl (C=O) groups is 1. The van der Waals surface area contributed by atoms with Crippen LogP contribution in [-0.4, -0.2) is 22.5 Å². The third-order valence-corrected chi connectivity index (χ3v) is 5.53. The summed E-state index contributed by atoms with van der Waals surface area (Å²) in [5.41, 5.74) is 5.53. The second-order valence-electron chi connectivity index (χ2n) is 7.74. The van der Waals surface area contributed by atoms with E-state index in [0.29, 0.717) is 22.8 Å². The van der Waals surface area contributed by atoms with Crippen LogP contribution in [0.4, 0.5) is 10.1 Å². The van der Waals surface area contributed by atoms with Crippen LogP contribution in [0.1, 0.15) is 22.5 Å². The van der Waals surface area contributed by atoms with Crippen molar-refractivity contribution in [1.29, 1.82) is 5.26 Å². The van der Waals surface area contributed by atoms with E-state index in [9.17, 15) is 14.4 Å². The van der Waals surface area contributed by atoms with Crippen molar-refractivity contribution in [2.75, 3.05) is 11.9 Å². The molecule has 6 nitrogen and oxygen atoms in total. The van der Waals surface area contributed by atoms with Gasteiger partial charge in [-0.2, -0.15) is 5.26 Å². The zero-order valence-electron chi connectivity index (χ0n) is 18.4. The summed E-state index contributed by atoms with van der Waals surface area (Å²) in [7, 11) is 0. The Morgan fingerprint density at radius 1 is 1.18 bits per heavy atom. The number of hydrogen-bond donors (Lipinski definition) is 2. The Labute approximate surface area is 200 Å². The molecule has 3 aromatic carbocycles. The van der Waals surface area contributed by atoms with Gasteiger partial charge in [-0.05, 0) is 79.1 Å². The molecule has 0 aliphatic carbocycles. The lowest BCUT2D eigenvalue weighted by Crippen LogP contribution is -2.20. The highest BCUT2D eigenvalue weighted by Gasteiger charge is 2.10. The predicted octanol–water partition coefficient (Wildman–Crippen LogP) is 6.05. The Morgan fingerprint density at radius 3 is 2.62 bits per heavy atom. The molecule has 0 fully saturated rings. The van der Waals surface area contributed by atoms with Gasteiger partial charge in [0.1, 0.15) is 23.5 Å². The molecular formula is C26H20ClFN4O2. The fourth-order valence-corrected chi connectivity index (χ4v) is 3.48. The maximum Gasteiger partial charge on any atom is 0.262 e. The molecule has 0 unspecified atom stereocenters. The minimum Gasteiger partial charge on any atom is -0.484 e. The van der Waals surface area contributed by atoms with E-state index in [1.807, 2.05) is 26.0 Å². The van der Waals surface area contributed by atoms with Crippen LogP contribution in [0.2, 0.25) is 5.02 Å². The molecule has 0 spiro atoms. The van der Waals surface area contributed by atoms with Crippen LogP contribution in [0.15, 0.2) is 54.6 Å². The first-order valence-corrected chi connectivity index (χ1v) is 10.8. The van der Waals surface area contributed by atoms with E-state index in [-0.39, 0.29) is 11.6 Å². The Hall–Kier alpha value is -4.15. The normalized spacial score (nSPS) is 11.3. The highest BCUT2D eigenvalue weighted by atomic mass is 35.5. The molecule has 34 heavy (non-hydrogen) atoms. The van der Waals surface area contributed by atoms with Crippen molar-refractivity contribution in [3.05, 3.63) is 88.0 Å². The minimum absolute atomic E-state index is 0.0769. The molecule has 8 heteroatoms. The lowest BCUT2D eigenvalue weighted by Gasteiger charge is -2.08. The fourth-order valence-electron chi connectivity index (χ4n) is 3.30. The molecule has 0 atom stereocenters. The number of imidazole rings is 1. The Bertz CT molecular complexity index is 1410. The molecule has 0 aliphatic rings. The average Bonchev–Trinajstić information content (AvgIpc) is 3.22. The second kappa shape index (κ2) is 9.77. The number of halogens is 2. The van der Waals surface area contributed by atoms with Gasteiger partial charge in [-0.3, -0.25) is 4.79 Å². The number of fused-ring (bicyclic) bond motifs is 1. The van der Waals surface area contributed by atoms with Crippen molar-refractivity contribution in [1.82, 2.24) is 9.97 Å². The maximum absolute atomic E-state index is 13.2. The van der Waals surface area contributed by atoms with E-state index in [4.69, 9.17) is 16.3 Å². The molecule has 1 aromatic heterocycles. The van der Waals surface area contributed by atoms with E-state index in [2.05, 4.69) is 21.4 Å². The van der Waals surface area contributed by atoms with Gasteiger partial charge in [-0.1, -0.05) is 23.7 Å². The number of carbonyl (C=O) groups excluding carboxylic acids is 1. The van der Waals surface area contributed by atoms with Crippen molar-refractivity contribution < 1.29 is 13.9 Å². The fraction of sp³-hybridized carbons (Fsp3) is 0.115. The smallest absolute Gasteiger partial charge is 0.262 e. The topological polar surface area (TPSA) is 90.8 Å². The molecule has 1 amide bonds. The number of rotatable bonds is 6. The standard InChI is InChI=1S/C26H20ClFN4O2/c1-15-9-23-24(10-16(15)2)32-26(31-23)18(13-29)11-17-3-6-20(7-4-17)34-14-25(33)30-19-5-8-22(28)21(27)12-19/h3-12H,14H2,1-2H3,(H,30,33)(H,31,32)/b18-11+. The minimum atomic E-state index is -0.560. The summed E-state index contributed by atoms with van der Waals surface area (Å²) in [5, 5.41) is 12.2. The number of anilines is 1. The summed E-state index contributed by atoms with van der Waals surface area (Å²) in [6, 6.07) is 17.1. The van der Waals surface area contributed by atoms with Gasteiger partial charge in [-0.15, -0.1) is 0 Å². The number of H-pyrrole nitrogens is 1. The lowest BCUT2D eigenvalue weighted by atomic mass is 10.1. The highest BCUT2D eigenvalue weighted by Crippen LogP contribution is 2.23. The molecule has 4 aromatic rings. The van der Waals surface area contributed by atoms with E-state index in [1.54, 1.807) is 30.3 Å². The molecule has 170 valence electrons. The zero-order valence-corrected chi connectivity index (χ0v) is 19.2. The molecular weight excluding hydrogens is 455 g/mol. The van der Waals surface area contributed by atoms with Gasteiger partial charge in [0, 0.05) is 5.69 Å². The van der Waals surface area contributed by atoms with Crippen molar-refractivity contribution in [3.8, 4) is 11.8 Å². The molecule has 2 N–H and O–H groups in total. The van der Waals surface area contributed by atoms with Gasteiger partial charge < -0.3 is 15.0 Å². The zero-order chi connectivity index (χ0) is 24.2. The lowest BCUT2D eigenvalue weighted by molar-refractivity contribution is -0.118.